The SMILES string of the molecule is CN(c1ccccc1F)c1cc(CN)nc2ccccc12. The highest BCUT2D eigenvalue weighted by atomic mass is 19.1. The molecule has 0 aliphatic heterocycles. The molecule has 3 aromatic rings. The molecule has 1 heterocycles. The fourth-order valence-electron chi connectivity index (χ4n) is 2.45. The van der Waals surface area contributed by atoms with Crippen LogP contribution in [-0.2, 0) is 6.54 Å². The first kappa shape index (κ1) is 13.5. The smallest absolute Gasteiger partial charge is 0.146 e. The van der Waals surface area contributed by atoms with Crippen LogP contribution in [0.15, 0.2) is 54.6 Å². The van der Waals surface area contributed by atoms with Gasteiger partial charge in [-0.15, -0.1) is 0 Å². The highest BCUT2D eigenvalue weighted by Gasteiger charge is 2.13. The van der Waals surface area contributed by atoms with Crippen LogP contribution in [0.5, 0.6) is 0 Å². The van der Waals surface area contributed by atoms with E-state index in [1.165, 1.54) is 6.07 Å². The van der Waals surface area contributed by atoms with Crippen LogP contribution in [0.25, 0.3) is 10.9 Å². The maximum Gasteiger partial charge on any atom is 0.146 e. The number of rotatable bonds is 3. The van der Waals surface area contributed by atoms with Crippen molar-refractivity contribution in [2.45, 2.75) is 6.54 Å². The number of halogens is 1. The van der Waals surface area contributed by atoms with E-state index in [9.17, 15) is 4.39 Å². The van der Waals surface area contributed by atoms with E-state index < -0.39 is 0 Å². The van der Waals surface area contributed by atoms with Gasteiger partial charge < -0.3 is 10.6 Å². The first-order chi connectivity index (χ1) is 10.2. The summed E-state index contributed by atoms with van der Waals surface area (Å²) in [4.78, 5) is 6.34. The summed E-state index contributed by atoms with van der Waals surface area (Å²) in [5.74, 6) is -0.254. The number of benzene rings is 2. The number of pyridine rings is 1. The van der Waals surface area contributed by atoms with E-state index >= 15 is 0 Å². The predicted octanol–water partition coefficient (Wildman–Crippen LogP) is 3.60. The van der Waals surface area contributed by atoms with Gasteiger partial charge in [0.15, 0.2) is 0 Å². The van der Waals surface area contributed by atoms with E-state index in [1.807, 2.05) is 48.3 Å². The van der Waals surface area contributed by atoms with Gasteiger partial charge >= 0.3 is 0 Å². The summed E-state index contributed by atoms with van der Waals surface area (Å²) in [6.45, 7) is 0.350. The molecule has 0 fully saturated rings. The number of hydrogen-bond donors (Lipinski definition) is 1. The lowest BCUT2D eigenvalue weighted by atomic mass is 10.1. The van der Waals surface area contributed by atoms with Crippen molar-refractivity contribution in [1.82, 2.24) is 4.98 Å². The Balaban J connectivity index is 2.21. The number of aromatic nitrogens is 1. The molecular weight excluding hydrogens is 265 g/mol. The second-order valence-electron chi connectivity index (χ2n) is 4.86. The van der Waals surface area contributed by atoms with E-state index in [0.29, 0.717) is 12.2 Å². The van der Waals surface area contributed by atoms with Gasteiger partial charge in [0.2, 0.25) is 0 Å². The first-order valence-corrected chi connectivity index (χ1v) is 6.77. The van der Waals surface area contributed by atoms with Crippen molar-refractivity contribution in [2.75, 3.05) is 11.9 Å². The van der Waals surface area contributed by atoms with Crippen molar-refractivity contribution in [3.8, 4) is 0 Å². The van der Waals surface area contributed by atoms with Crippen LogP contribution in [0.3, 0.4) is 0 Å². The predicted molar refractivity (Wildman–Crippen MR) is 84.1 cm³/mol. The van der Waals surface area contributed by atoms with Crippen LogP contribution in [0.1, 0.15) is 5.69 Å². The van der Waals surface area contributed by atoms with Gasteiger partial charge in [-0.05, 0) is 24.3 Å². The number of anilines is 2. The zero-order valence-corrected chi connectivity index (χ0v) is 11.8. The van der Waals surface area contributed by atoms with Gasteiger partial charge in [0.25, 0.3) is 0 Å². The quantitative estimate of drug-likeness (QED) is 0.797. The number of nitrogens with two attached hydrogens (primary N) is 1. The molecule has 0 amide bonds. The summed E-state index contributed by atoms with van der Waals surface area (Å²) >= 11 is 0. The van der Waals surface area contributed by atoms with Crippen LogP contribution in [0, 0.1) is 5.82 Å². The second-order valence-corrected chi connectivity index (χ2v) is 4.86. The third-order valence-electron chi connectivity index (χ3n) is 3.53. The van der Waals surface area contributed by atoms with Crippen LogP contribution in [0.4, 0.5) is 15.8 Å². The zero-order chi connectivity index (χ0) is 14.8. The summed E-state index contributed by atoms with van der Waals surface area (Å²) in [6, 6.07) is 16.4. The van der Waals surface area contributed by atoms with Crippen molar-refractivity contribution in [1.29, 1.82) is 0 Å². The van der Waals surface area contributed by atoms with Gasteiger partial charge in [-0.1, -0.05) is 30.3 Å². The van der Waals surface area contributed by atoms with E-state index in [1.54, 1.807) is 12.1 Å². The standard InChI is InChI=1S/C17H16FN3/c1-21(16-9-5-3-7-14(16)18)17-10-12(11-19)20-15-8-4-2-6-13(15)17/h2-10H,11,19H2,1H3. The fourth-order valence-corrected chi connectivity index (χ4v) is 2.45. The van der Waals surface area contributed by atoms with Crippen molar-refractivity contribution in [2.24, 2.45) is 5.73 Å². The Morgan fingerprint density at radius 2 is 1.76 bits per heavy atom. The van der Waals surface area contributed by atoms with Crippen LogP contribution >= 0.6 is 0 Å². The van der Waals surface area contributed by atoms with Gasteiger partial charge in [-0.25, -0.2) is 4.39 Å². The lowest BCUT2D eigenvalue weighted by Gasteiger charge is -2.22. The van der Waals surface area contributed by atoms with Crippen molar-refractivity contribution in [3.63, 3.8) is 0 Å². The van der Waals surface area contributed by atoms with Gasteiger partial charge in [-0.3, -0.25) is 4.98 Å². The van der Waals surface area contributed by atoms with Gasteiger partial charge in [0.05, 0.1) is 22.6 Å². The fraction of sp³-hybridized carbons (Fsp3) is 0.118. The van der Waals surface area contributed by atoms with E-state index in [-0.39, 0.29) is 5.82 Å². The summed E-state index contributed by atoms with van der Waals surface area (Å²) in [5.41, 5.74) is 8.79. The summed E-state index contributed by atoms with van der Waals surface area (Å²) < 4.78 is 14.0. The number of hydrogen-bond acceptors (Lipinski definition) is 3. The molecule has 4 heteroatoms. The molecule has 3 rings (SSSR count). The van der Waals surface area contributed by atoms with E-state index in [0.717, 1.165) is 22.3 Å². The van der Waals surface area contributed by atoms with Crippen molar-refractivity contribution < 1.29 is 4.39 Å². The van der Waals surface area contributed by atoms with E-state index in [4.69, 9.17) is 5.73 Å². The molecular formula is C17H16FN3. The normalized spacial score (nSPS) is 10.8. The van der Waals surface area contributed by atoms with Gasteiger partial charge in [-0.2, -0.15) is 0 Å². The summed E-state index contributed by atoms with van der Waals surface area (Å²) in [6.07, 6.45) is 0. The molecule has 2 N–H and O–H groups in total. The second kappa shape index (κ2) is 5.50. The van der Waals surface area contributed by atoms with Gasteiger partial charge in [0.1, 0.15) is 5.82 Å². The number of para-hydroxylation sites is 2. The molecule has 3 nitrogen and oxygen atoms in total. The molecule has 2 aromatic carbocycles. The number of nitrogens with zero attached hydrogens (tertiary/aromatic N) is 2. The third kappa shape index (κ3) is 2.45. The molecule has 0 unspecified atom stereocenters. The highest BCUT2D eigenvalue weighted by Crippen LogP contribution is 2.32. The molecule has 0 bridgehead atoms. The molecule has 0 saturated heterocycles. The Labute approximate surface area is 122 Å². The summed E-state index contributed by atoms with van der Waals surface area (Å²) in [5, 5.41) is 0.973. The lowest BCUT2D eigenvalue weighted by Crippen LogP contribution is -2.13. The molecule has 0 saturated carbocycles. The average Bonchev–Trinajstić information content (AvgIpc) is 2.53. The zero-order valence-electron chi connectivity index (χ0n) is 11.8. The van der Waals surface area contributed by atoms with Gasteiger partial charge in [0, 0.05) is 19.0 Å². The lowest BCUT2D eigenvalue weighted by molar-refractivity contribution is 0.627. The Kier molecular flexibility index (Phi) is 3.54. The molecule has 1 aromatic heterocycles. The monoisotopic (exact) mass is 281 g/mol. The third-order valence-corrected chi connectivity index (χ3v) is 3.53. The highest BCUT2D eigenvalue weighted by molar-refractivity contribution is 5.93. The maximum absolute atomic E-state index is 14.0. The Bertz CT molecular complexity index is 786. The molecule has 106 valence electrons. The minimum Gasteiger partial charge on any atom is -0.342 e. The first-order valence-electron chi connectivity index (χ1n) is 6.77. The molecule has 21 heavy (non-hydrogen) atoms. The molecule has 0 aliphatic carbocycles. The van der Waals surface area contributed by atoms with Crippen LogP contribution < -0.4 is 10.6 Å². The minimum atomic E-state index is -0.254. The minimum absolute atomic E-state index is 0.254. The molecule has 0 spiro atoms. The largest absolute Gasteiger partial charge is 0.342 e. The molecule has 0 aliphatic rings. The van der Waals surface area contributed by atoms with Crippen molar-refractivity contribution in [3.05, 3.63) is 66.1 Å². The Hall–Kier alpha value is -2.46. The molecule has 0 radical (unpaired) electrons. The molecule has 0 atom stereocenters. The number of fused-ring (bicyclic) bond motifs is 1. The topological polar surface area (TPSA) is 42.1 Å². The Morgan fingerprint density at radius 3 is 2.52 bits per heavy atom. The Morgan fingerprint density at radius 1 is 1.05 bits per heavy atom. The van der Waals surface area contributed by atoms with Crippen LogP contribution in [-0.4, -0.2) is 12.0 Å². The average molecular weight is 281 g/mol. The van der Waals surface area contributed by atoms with Crippen molar-refractivity contribution >= 4 is 22.3 Å². The maximum atomic E-state index is 14.0. The van der Waals surface area contributed by atoms with E-state index in [2.05, 4.69) is 4.98 Å². The summed E-state index contributed by atoms with van der Waals surface area (Å²) in [7, 11) is 1.85. The van der Waals surface area contributed by atoms with Crippen LogP contribution in [0.2, 0.25) is 0 Å².